The van der Waals surface area contributed by atoms with Crippen LogP contribution in [-0.4, -0.2) is 11.9 Å². The molecule has 1 aliphatic heterocycles. The molecule has 0 radical (unpaired) electrons. The molecule has 0 amide bonds. The number of rotatable bonds is 1. The van der Waals surface area contributed by atoms with E-state index >= 15 is 0 Å². The number of hydrogen-bond acceptors (Lipinski definition) is 2. The second-order valence-corrected chi connectivity index (χ2v) is 4.49. The third kappa shape index (κ3) is 2.28. The highest BCUT2D eigenvalue weighted by Crippen LogP contribution is 2.30. The van der Waals surface area contributed by atoms with Gasteiger partial charge < -0.3 is 5.32 Å². The highest BCUT2D eigenvalue weighted by Gasteiger charge is 2.31. The van der Waals surface area contributed by atoms with Gasteiger partial charge in [0.15, 0.2) is 0 Å². The summed E-state index contributed by atoms with van der Waals surface area (Å²) >= 11 is 0. The SMILES string of the molecule is FC(F)(F)c1cccc(C2=NC3=CC=CCC3N2)c1. The van der Waals surface area contributed by atoms with E-state index in [4.69, 9.17) is 0 Å². The quantitative estimate of drug-likeness (QED) is 0.827. The summed E-state index contributed by atoms with van der Waals surface area (Å²) in [7, 11) is 0. The first kappa shape index (κ1) is 12.0. The van der Waals surface area contributed by atoms with Crippen LogP contribution >= 0.6 is 0 Å². The molecule has 1 aliphatic carbocycles. The topological polar surface area (TPSA) is 24.4 Å². The zero-order valence-electron chi connectivity index (χ0n) is 9.91. The summed E-state index contributed by atoms with van der Waals surface area (Å²) in [6.07, 6.45) is 2.26. The van der Waals surface area contributed by atoms with Crippen LogP contribution in [0.3, 0.4) is 0 Å². The fourth-order valence-corrected chi connectivity index (χ4v) is 2.18. The standard InChI is InChI=1S/C14H11F3N2/c15-14(16,17)10-5-3-4-9(8-10)13-18-11-6-1-2-7-12(11)19-13/h1-6,8,12H,7H2,(H,18,19). The second-order valence-electron chi connectivity index (χ2n) is 4.49. The number of halogens is 3. The Balaban J connectivity index is 1.94. The Hall–Kier alpha value is -2.04. The molecule has 0 aromatic heterocycles. The first-order valence-electron chi connectivity index (χ1n) is 5.93. The molecule has 1 aromatic carbocycles. The van der Waals surface area contributed by atoms with E-state index in [0.29, 0.717) is 11.4 Å². The van der Waals surface area contributed by atoms with Crippen LogP contribution in [0.15, 0.2) is 53.2 Å². The number of alkyl halides is 3. The third-order valence-corrected chi connectivity index (χ3v) is 3.15. The molecule has 1 N–H and O–H groups in total. The lowest BCUT2D eigenvalue weighted by molar-refractivity contribution is -0.137. The van der Waals surface area contributed by atoms with Crippen molar-refractivity contribution in [3.8, 4) is 0 Å². The normalized spacial score (nSPS) is 21.5. The van der Waals surface area contributed by atoms with Crippen molar-refractivity contribution in [1.29, 1.82) is 0 Å². The van der Waals surface area contributed by atoms with Gasteiger partial charge in [0, 0.05) is 5.56 Å². The molecule has 98 valence electrons. The predicted molar refractivity (Wildman–Crippen MR) is 66.7 cm³/mol. The molecule has 3 rings (SSSR count). The summed E-state index contributed by atoms with van der Waals surface area (Å²) in [4.78, 5) is 4.35. The van der Waals surface area contributed by atoms with E-state index in [2.05, 4.69) is 10.3 Å². The molecule has 0 saturated heterocycles. The van der Waals surface area contributed by atoms with Crippen molar-refractivity contribution in [2.75, 3.05) is 0 Å². The van der Waals surface area contributed by atoms with Crippen molar-refractivity contribution in [1.82, 2.24) is 5.32 Å². The van der Waals surface area contributed by atoms with Gasteiger partial charge in [-0.2, -0.15) is 13.2 Å². The van der Waals surface area contributed by atoms with Crippen molar-refractivity contribution in [3.63, 3.8) is 0 Å². The Kier molecular flexibility index (Phi) is 2.69. The van der Waals surface area contributed by atoms with Gasteiger partial charge in [0.05, 0.1) is 17.3 Å². The second kappa shape index (κ2) is 4.26. The Labute approximate surface area is 108 Å². The molecule has 0 saturated carbocycles. The summed E-state index contributed by atoms with van der Waals surface area (Å²) in [6.45, 7) is 0. The van der Waals surface area contributed by atoms with Crippen LogP contribution in [0.2, 0.25) is 0 Å². The van der Waals surface area contributed by atoms with Crippen LogP contribution in [0.1, 0.15) is 17.5 Å². The van der Waals surface area contributed by atoms with Gasteiger partial charge >= 0.3 is 6.18 Å². The van der Waals surface area contributed by atoms with E-state index in [1.54, 1.807) is 6.07 Å². The summed E-state index contributed by atoms with van der Waals surface area (Å²) in [5.41, 5.74) is 0.677. The number of allylic oxidation sites excluding steroid dienone is 2. The van der Waals surface area contributed by atoms with Gasteiger partial charge in [-0.25, -0.2) is 4.99 Å². The number of hydrogen-bond donors (Lipinski definition) is 1. The van der Waals surface area contributed by atoms with E-state index in [9.17, 15) is 13.2 Å². The van der Waals surface area contributed by atoms with Gasteiger partial charge in [-0.3, -0.25) is 0 Å². The van der Waals surface area contributed by atoms with Gasteiger partial charge in [-0.1, -0.05) is 24.3 Å². The van der Waals surface area contributed by atoms with Gasteiger partial charge in [0.25, 0.3) is 0 Å². The summed E-state index contributed by atoms with van der Waals surface area (Å²) in [5.74, 6) is 0.506. The molecule has 0 spiro atoms. The monoisotopic (exact) mass is 264 g/mol. The lowest BCUT2D eigenvalue weighted by Gasteiger charge is -2.13. The Bertz CT molecular complexity index is 597. The van der Waals surface area contributed by atoms with Gasteiger partial charge in [0.2, 0.25) is 0 Å². The van der Waals surface area contributed by atoms with E-state index in [0.717, 1.165) is 24.3 Å². The summed E-state index contributed by atoms with van der Waals surface area (Å²) < 4.78 is 38.0. The van der Waals surface area contributed by atoms with Crippen molar-refractivity contribution in [2.45, 2.75) is 18.6 Å². The minimum atomic E-state index is -4.33. The third-order valence-electron chi connectivity index (χ3n) is 3.15. The Morgan fingerprint density at radius 1 is 1.26 bits per heavy atom. The highest BCUT2D eigenvalue weighted by molar-refractivity contribution is 6.01. The molecule has 1 aromatic rings. The van der Waals surface area contributed by atoms with Gasteiger partial charge in [-0.15, -0.1) is 0 Å². The smallest absolute Gasteiger partial charge is 0.361 e. The molecule has 1 heterocycles. The number of aliphatic imine (C=N–C) groups is 1. The zero-order chi connectivity index (χ0) is 13.5. The number of benzene rings is 1. The van der Waals surface area contributed by atoms with Crippen molar-refractivity contribution < 1.29 is 13.2 Å². The van der Waals surface area contributed by atoms with E-state index in [-0.39, 0.29) is 6.04 Å². The molecule has 0 fully saturated rings. The molecule has 2 aliphatic rings. The van der Waals surface area contributed by atoms with E-state index in [1.807, 2.05) is 18.2 Å². The highest BCUT2D eigenvalue weighted by atomic mass is 19.4. The first-order chi connectivity index (χ1) is 9.04. The van der Waals surface area contributed by atoms with Gasteiger partial charge in [-0.05, 0) is 24.6 Å². The predicted octanol–water partition coefficient (Wildman–Crippen LogP) is 3.27. The molecule has 5 heteroatoms. The molecule has 1 atom stereocenters. The summed E-state index contributed by atoms with van der Waals surface area (Å²) in [5, 5.41) is 3.15. The fraction of sp³-hybridized carbons (Fsp3) is 0.214. The minimum Gasteiger partial charge on any atom is -0.361 e. The number of amidine groups is 1. The van der Waals surface area contributed by atoms with E-state index in [1.165, 1.54) is 6.07 Å². The number of nitrogens with one attached hydrogen (secondary N) is 1. The number of fused-ring (bicyclic) bond motifs is 1. The molecular weight excluding hydrogens is 253 g/mol. The maximum atomic E-state index is 12.7. The lowest BCUT2D eigenvalue weighted by atomic mass is 10.1. The van der Waals surface area contributed by atoms with Crippen molar-refractivity contribution in [3.05, 3.63) is 59.3 Å². The molecule has 0 bridgehead atoms. The number of nitrogens with zero attached hydrogens (tertiary/aromatic N) is 1. The molecular formula is C14H11F3N2. The van der Waals surface area contributed by atoms with Crippen LogP contribution in [0, 0.1) is 0 Å². The van der Waals surface area contributed by atoms with Crippen LogP contribution in [0.4, 0.5) is 13.2 Å². The zero-order valence-corrected chi connectivity index (χ0v) is 9.91. The summed E-state index contributed by atoms with van der Waals surface area (Å²) in [6, 6.07) is 5.29. The van der Waals surface area contributed by atoms with Crippen LogP contribution in [0.25, 0.3) is 0 Å². The van der Waals surface area contributed by atoms with Crippen molar-refractivity contribution >= 4 is 5.84 Å². The van der Waals surface area contributed by atoms with Gasteiger partial charge in [0.1, 0.15) is 5.84 Å². The largest absolute Gasteiger partial charge is 0.416 e. The first-order valence-corrected chi connectivity index (χ1v) is 5.93. The van der Waals surface area contributed by atoms with E-state index < -0.39 is 11.7 Å². The fourth-order valence-electron chi connectivity index (χ4n) is 2.18. The molecule has 19 heavy (non-hydrogen) atoms. The minimum absolute atomic E-state index is 0.0783. The van der Waals surface area contributed by atoms with Crippen molar-refractivity contribution in [2.24, 2.45) is 4.99 Å². The van der Waals surface area contributed by atoms with Crippen LogP contribution < -0.4 is 5.32 Å². The maximum Gasteiger partial charge on any atom is 0.416 e. The Morgan fingerprint density at radius 2 is 2.11 bits per heavy atom. The maximum absolute atomic E-state index is 12.7. The average molecular weight is 264 g/mol. The average Bonchev–Trinajstić information content (AvgIpc) is 2.81. The van der Waals surface area contributed by atoms with Crippen LogP contribution in [-0.2, 0) is 6.18 Å². The molecule has 2 nitrogen and oxygen atoms in total. The lowest BCUT2D eigenvalue weighted by Crippen LogP contribution is -2.30. The van der Waals surface area contributed by atoms with Crippen LogP contribution in [0.5, 0.6) is 0 Å². The Morgan fingerprint density at radius 3 is 2.84 bits per heavy atom. The molecule has 1 unspecified atom stereocenters.